The van der Waals surface area contributed by atoms with Crippen LogP contribution in [-0.4, -0.2) is 61.4 Å². The molecule has 4 aromatic rings. The summed E-state index contributed by atoms with van der Waals surface area (Å²) in [7, 11) is -1.89. The molecule has 3 N–H and O–H groups in total. The lowest BCUT2D eigenvalue weighted by Gasteiger charge is -2.36. The molecule has 294 valence electrons. The molecule has 0 radical (unpaired) electrons. The molecule has 0 saturated carbocycles. The topological polar surface area (TPSA) is 120 Å². The number of aromatic hydroxyl groups is 1. The Morgan fingerprint density at radius 2 is 1.11 bits per heavy atom. The molecule has 2 aliphatic rings. The third kappa shape index (κ3) is 12.6. The van der Waals surface area contributed by atoms with E-state index in [0.29, 0.717) is 36.3 Å². The maximum atomic E-state index is 12.5. The predicted octanol–water partition coefficient (Wildman–Crippen LogP) is 9.36. The van der Waals surface area contributed by atoms with Crippen molar-refractivity contribution in [1.29, 1.82) is 0 Å². The van der Waals surface area contributed by atoms with Gasteiger partial charge in [0.05, 0.1) is 12.4 Å². The Morgan fingerprint density at radius 3 is 1.47 bits per heavy atom. The van der Waals surface area contributed by atoms with Crippen molar-refractivity contribution >= 4 is 43.1 Å². The van der Waals surface area contributed by atoms with Crippen molar-refractivity contribution in [1.82, 2.24) is 9.97 Å². The Hall–Kier alpha value is -4.90. The first-order valence-corrected chi connectivity index (χ1v) is 22.6. The van der Waals surface area contributed by atoms with Gasteiger partial charge < -0.3 is 30.0 Å². The first kappa shape index (κ1) is 41.3. The van der Waals surface area contributed by atoms with E-state index in [-0.39, 0.29) is 22.6 Å². The second kappa shape index (κ2) is 18.6. The Morgan fingerprint density at radius 1 is 0.691 bits per heavy atom. The van der Waals surface area contributed by atoms with Crippen LogP contribution < -0.4 is 24.9 Å². The number of aromatic nitrogens is 2. The van der Waals surface area contributed by atoms with E-state index in [2.05, 4.69) is 127 Å². The van der Waals surface area contributed by atoms with Crippen molar-refractivity contribution in [2.24, 2.45) is 11.8 Å². The number of nitrogens with zero attached hydrogens (tertiary/aromatic N) is 4. The summed E-state index contributed by atoms with van der Waals surface area (Å²) >= 11 is 0. The summed E-state index contributed by atoms with van der Waals surface area (Å²) in [6.45, 7) is 19.2. The number of amides is 2. The smallest absolute Gasteiger partial charge is 0.250 e. The average molecular weight is 765 g/mol. The highest BCUT2D eigenvalue weighted by atomic mass is 28.4. The monoisotopic (exact) mass is 764 g/mol. The van der Waals surface area contributed by atoms with Crippen LogP contribution in [0.1, 0.15) is 70.4 Å². The zero-order chi connectivity index (χ0) is 39.6. The minimum atomic E-state index is -1.89. The second-order valence-corrected chi connectivity index (χ2v) is 21.4. The molecular formula is C44H60N6O4Si. The van der Waals surface area contributed by atoms with Crippen LogP contribution >= 0.6 is 0 Å². The molecule has 0 spiro atoms. The van der Waals surface area contributed by atoms with Crippen molar-refractivity contribution in [2.45, 2.75) is 91.3 Å². The molecular weight excluding hydrogens is 705 g/mol. The predicted molar refractivity (Wildman–Crippen MR) is 227 cm³/mol. The molecule has 2 aromatic carbocycles. The van der Waals surface area contributed by atoms with Gasteiger partial charge in [0.1, 0.15) is 23.1 Å². The number of pyridine rings is 2. The number of carbonyl (C=O) groups is 2. The number of hydrogen-bond acceptors (Lipinski definition) is 8. The Kier molecular flexibility index (Phi) is 14.0. The lowest BCUT2D eigenvalue weighted by molar-refractivity contribution is -0.118. The minimum absolute atomic E-state index is 0.0121. The number of rotatable bonds is 10. The molecule has 55 heavy (non-hydrogen) atoms. The van der Waals surface area contributed by atoms with Crippen LogP contribution in [0.3, 0.4) is 0 Å². The van der Waals surface area contributed by atoms with Gasteiger partial charge >= 0.3 is 0 Å². The summed E-state index contributed by atoms with van der Waals surface area (Å²) < 4.78 is 6.26. The summed E-state index contributed by atoms with van der Waals surface area (Å²) in [5.74, 6) is 2.79. The normalized spacial score (nSPS) is 15.5. The lowest BCUT2D eigenvalue weighted by atomic mass is 9.93. The van der Waals surface area contributed by atoms with Crippen molar-refractivity contribution < 1.29 is 19.1 Å². The van der Waals surface area contributed by atoms with Crippen LogP contribution in [0, 0.1) is 25.7 Å². The summed E-state index contributed by atoms with van der Waals surface area (Å²) in [6, 6.07) is 24.2. The molecule has 6 rings (SSSR count). The van der Waals surface area contributed by atoms with E-state index in [0.717, 1.165) is 57.6 Å². The standard InChI is InChI=1S/C25H37N3O2Si.C19H23N3O2/c1-19-7-9-21(10-8-19)28-15-13-20(14-16-28)17-24(29)27-23-12-11-22(18-26-23)30-31(5,6)25(2,3)4;1-14-2-4-16(5-3-14)22-10-8-15(9-11-22)12-19(24)21-18-7-6-17(23)13-20-18/h7-12,18,20H,13-17H2,1-6H3,(H,26,27,29);2-7,13,15,23H,8-12H2,1H3,(H,20,21,24). The number of nitrogens with one attached hydrogen (secondary N) is 2. The second-order valence-electron chi connectivity index (χ2n) is 16.7. The number of hydrogen-bond donors (Lipinski definition) is 3. The molecule has 10 nitrogen and oxygen atoms in total. The van der Waals surface area contributed by atoms with Crippen LogP contribution in [0.4, 0.5) is 23.0 Å². The maximum Gasteiger partial charge on any atom is 0.250 e. The number of anilines is 4. The van der Waals surface area contributed by atoms with Gasteiger partial charge in [0.2, 0.25) is 11.8 Å². The van der Waals surface area contributed by atoms with Gasteiger partial charge in [0, 0.05) is 50.4 Å². The van der Waals surface area contributed by atoms with E-state index < -0.39 is 8.32 Å². The van der Waals surface area contributed by atoms with Gasteiger partial charge in [0.15, 0.2) is 0 Å². The highest BCUT2D eigenvalue weighted by Gasteiger charge is 2.39. The molecule has 0 atom stereocenters. The summed E-state index contributed by atoms with van der Waals surface area (Å²) in [5.41, 5.74) is 5.09. The third-order valence-electron chi connectivity index (χ3n) is 11.2. The average Bonchev–Trinajstić information content (AvgIpc) is 3.14. The number of benzene rings is 2. The van der Waals surface area contributed by atoms with E-state index >= 15 is 0 Å². The molecule has 2 fully saturated rings. The molecule has 0 aliphatic carbocycles. The zero-order valence-electron chi connectivity index (χ0n) is 33.8. The van der Waals surface area contributed by atoms with Crippen molar-refractivity contribution in [3.8, 4) is 11.5 Å². The van der Waals surface area contributed by atoms with Crippen molar-refractivity contribution in [3.63, 3.8) is 0 Å². The van der Waals surface area contributed by atoms with E-state index in [4.69, 9.17) is 4.43 Å². The molecule has 2 aromatic heterocycles. The molecule has 4 heterocycles. The highest BCUT2D eigenvalue weighted by molar-refractivity contribution is 6.74. The number of aryl methyl sites for hydroxylation is 2. The van der Waals surface area contributed by atoms with Gasteiger partial charge in [-0.05, 0) is 118 Å². The number of carbonyl (C=O) groups excluding carboxylic acids is 2. The van der Waals surface area contributed by atoms with E-state index in [9.17, 15) is 14.7 Å². The van der Waals surface area contributed by atoms with Gasteiger partial charge in [-0.25, -0.2) is 9.97 Å². The van der Waals surface area contributed by atoms with Gasteiger partial charge in [-0.3, -0.25) is 9.59 Å². The highest BCUT2D eigenvalue weighted by Crippen LogP contribution is 2.37. The fourth-order valence-electron chi connectivity index (χ4n) is 6.64. The summed E-state index contributed by atoms with van der Waals surface area (Å²) in [6.07, 6.45) is 8.22. The lowest BCUT2D eigenvalue weighted by Crippen LogP contribution is -2.43. The third-order valence-corrected chi connectivity index (χ3v) is 15.5. The van der Waals surface area contributed by atoms with Crippen LogP contribution in [0.5, 0.6) is 11.5 Å². The molecule has 0 unspecified atom stereocenters. The van der Waals surface area contributed by atoms with Crippen LogP contribution in [0.25, 0.3) is 0 Å². The first-order chi connectivity index (χ1) is 26.1. The van der Waals surface area contributed by atoms with Gasteiger partial charge in [0.25, 0.3) is 8.32 Å². The number of piperidine rings is 2. The van der Waals surface area contributed by atoms with Crippen molar-refractivity contribution in [3.05, 3.63) is 96.3 Å². The summed E-state index contributed by atoms with van der Waals surface area (Å²) in [4.78, 5) is 37.8. The molecule has 11 heteroatoms. The Bertz CT molecular complexity index is 1810. The first-order valence-electron chi connectivity index (χ1n) is 19.7. The zero-order valence-corrected chi connectivity index (χ0v) is 34.8. The molecule has 0 bridgehead atoms. The SMILES string of the molecule is Cc1ccc(N2CCC(CC(=O)Nc3ccc(O)cn3)CC2)cc1.Cc1ccc(N2CCC(CC(=O)Nc3ccc(O[Si](C)(C)C(C)(C)C)cn3)CC2)cc1. The maximum absolute atomic E-state index is 12.5. The fourth-order valence-corrected chi connectivity index (χ4v) is 7.65. The van der Waals surface area contributed by atoms with Crippen molar-refractivity contribution in [2.75, 3.05) is 46.6 Å². The van der Waals surface area contributed by atoms with E-state index in [1.807, 2.05) is 12.1 Å². The Balaban J connectivity index is 0.000000218. The van der Waals surface area contributed by atoms with Gasteiger partial charge in [-0.1, -0.05) is 56.2 Å². The quantitative estimate of drug-likeness (QED) is 0.137. The van der Waals surface area contributed by atoms with Gasteiger partial charge in [-0.2, -0.15) is 0 Å². The van der Waals surface area contributed by atoms with E-state index in [1.165, 1.54) is 34.8 Å². The molecule has 2 saturated heterocycles. The van der Waals surface area contributed by atoms with E-state index in [1.54, 1.807) is 12.3 Å². The fraction of sp³-hybridized carbons (Fsp3) is 0.455. The van der Waals surface area contributed by atoms with Crippen LogP contribution in [0.2, 0.25) is 18.1 Å². The summed E-state index contributed by atoms with van der Waals surface area (Å²) in [5, 5.41) is 15.1. The molecule has 2 aliphatic heterocycles. The molecule has 2 amide bonds. The Labute approximate surface area is 328 Å². The largest absolute Gasteiger partial charge is 0.542 e. The minimum Gasteiger partial charge on any atom is -0.542 e. The van der Waals surface area contributed by atoms with Gasteiger partial charge in [-0.15, -0.1) is 0 Å². The van der Waals surface area contributed by atoms with Crippen LogP contribution in [-0.2, 0) is 9.59 Å². The van der Waals surface area contributed by atoms with Crippen LogP contribution in [0.15, 0.2) is 85.2 Å².